The van der Waals surface area contributed by atoms with Crippen LogP contribution >= 0.6 is 11.6 Å². The van der Waals surface area contributed by atoms with Gasteiger partial charge in [0.2, 0.25) is 5.91 Å². The van der Waals surface area contributed by atoms with Gasteiger partial charge in [-0.25, -0.2) is 0 Å². The minimum absolute atomic E-state index is 0.0424. The van der Waals surface area contributed by atoms with Crippen molar-refractivity contribution in [1.82, 2.24) is 5.32 Å². The number of halogens is 1. The monoisotopic (exact) mass is 281 g/mol. The molecule has 5 heteroatoms. The molecular weight excluding hydrogens is 266 g/mol. The Morgan fingerprint density at radius 3 is 2.63 bits per heavy atom. The predicted molar refractivity (Wildman–Crippen MR) is 72.0 cm³/mol. The first kappa shape index (κ1) is 13.9. The van der Waals surface area contributed by atoms with Gasteiger partial charge in [-0.05, 0) is 24.6 Å². The van der Waals surface area contributed by atoms with Crippen LogP contribution in [0.3, 0.4) is 0 Å². The van der Waals surface area contributed by atoms with Gasteiger partial charge in [-0.1, -0.05) is 23.7 Å². The molecule has 102 valence electrons. The molecule has 0 unspecified atom stereocenters. The van der Waals surface area contributed by atoms with E-state index in [9.17, 15) is 9.59 Å². The number of carbonyl (C=O) groups is 2. The van der Waals surface area contributed by atoms with Gasteiger partial charge in [-0.3, -0.25) is 9.59 Å². The average molecular weight is 282 g/mol. The van der Waals surface area contributed by atoms with Crippen molar-refractivity contribution in [3.05, 3.63) is 34.9 Å². The van der Waals surface area contributed by atoms with Gasteiger partial charge < -0.3 is 10.1 Å². The molecule has 0 aliphatic carbocycles. The van der Waals surface area contributed by atoms with Crippen LogP contribution in [-0.4, -0.2) is 25.0 Å². The second-order valence-electron chi connectivity index (χ2n) is 4.72. The van der Waals surface area contributed by atoms with Crippen LogP contribution in [0.25, 0.3) is 0 Å². The zero-order valence-corrected chi connectivity index (χ0v) is 11.5. The van der Waals surface area contributed by atoms with Crippen LogP contribution in [-0.2, 0) is 19.7 Å². The highest BCUT2D eigenvalue weighted by molar-refractivity contribution is 6.30. The summed E-state index contributed by atoms with van der Waals surface area (Å²) < 4.78 is 5.01. The first-order chi connectivity index (χ1) is 9.05. The first-order valence-corrected chi connectivity index (χ1v) is 6.62. The summed E-state index contributed by atoms with van der Waals surface area (Å²) in [5.41, 5.74) is 0.414. The van der Waals surface area contributed by atoms with Gasteiger partial charge in [-0.15, -0.1) is 0 Å². The van der Waals surface area contributed by atoms with Gasteiger partial charge >= 0.3 is 5.97 Å². The van der Waals surface area contributed by atoms with Gasteiger partial charge in [0, 0.05) is 23.4 Å². The number of hydrogen-bond acceptors (Lipinski definition) is 3. The minimum Gasteiger partial charge on any atom is -0.466 e. The third-order valence-corrected chi connectivity index (χ3v) is 3.62. The molecule has 0 bridgehead atoms. The number of esters is 1. The summed E-state index contributed by atoms with van der Waals surface area (Å²) in [5.74, 6) is -0.326. The Hall–Kier alpha value is -1.55. The molecule has 1 aliphatic heterocycles. The van der Waals surface area contributed by atoms with E-state index in [4.69, 9.17) is 16.3 Å². The predicted octanol–water partition coefficient (Wildman–Crippen LogP) is 2.05. The van der Waals surface area contributed by atoms with Crippen LogP contribution < -0.4 is 5.32 Å². The summed E-state index contributed by atoms with van der Waals surface area (Å²) in [4.78, 5) is 23.3. The van der Waals surface area contributed by atoms with Gasteiger partial charge in [-0.2, -0.15) is 0 Å². The van der Waals surface area contributed by atoms with Crippen LogP contribution in [0.2, 0.25) is 5.02 Å². The lowest BCUT2D eigenvalue weighted by Gasteiger charge is -2.26. The largest absolute Gasteiger partial charge is 0.466 e. The van der Waals surface area contributed by atoms with Gasteiger partial charge in [0.05, 0.1) is 13.0 Å². The normalized spacial score (nSPS) is 22.1. The van der Waals surface area contributed by atoms with Gasteiger partial charge in [0.15, 0.2) is 0 Å². The number of hydrogen-bond donors (Lipinski definition) is 1. The molecule has 1 N–H and O–H groups in total. The zero-order chi connectivity index (χ0) is 13.9. The van der Waals surface area contributed by atoms with Crippen molar-refractivity contribution in [2.45, 2.75) is 25.2 Å². The fourth-order valence-electron chi connectivity index (χ4n) is 2.42. The Morgan fingerprint density at radius 2 is 2.11 bits per heavy atom. The summed E-state index contributed by atoms with van der Waals surface area (Å²) in [6, 6.07) is 7.27. The highest BCUT2D eigenvalue weighted by Gasteiger charge is 2.42. The number of amides is 1. The first-order valence-electron chi connectivity index (χ1n) is 6.24. The van der Waals surface area contributed by atoms with E-state index in [0.29, 0.717) is 24.6 Å². The van der Waals surface area contributed by atoms with Gasteiger partial charge in [0.1, 0.15) is 0 Å². The van der Waals surface area contributed by atoms with Crippen LogP contribution in [0.5, 0.6) is 0 Å². The van der Waals surface area contributed by atoms with E-state index in [1.54, 1.807) is 19.1 Å². The van der Waals surface area contributed by atoms with E-state index in [2.05, 4.69) is 5.32 Å². The number of ether oxygens (including phenoxy) is 1. The number of rotatable bonds is 4. The van der Waals surface area contributed by atoms with E-state index >= 15 is 0 Å². The Morgan fingerprint density at radius 1 is 1.42 bits per heavy atom. The van der Waals surface area contributed by atoms with E-state index in [1.165, 1.54) is 0 Å². The summed E-state index contributed by atoms with van der Waals surface area (Å²) in [5, 5.41) is 3.42. The molecule has 2 rings (SSSR count). The Bertz CT molecular complexity index is 486. The molecule has 1 amide bonds. The maximum atomic E-state index is 11.8. The van der Waals surface area contributed by atoms with Crippen LogP contribution in [0, 0.1) is 0 Å². The second kappa shape index (κ2) is 5.61. The molecule has 1 fully saturated rings. The van der Waals surface area contributed by atoms with E-state index in [-0.39, 0.29) is 18.3 Å². The molecule has 4 nitrogen and oxygen atoms in total. The van der Waals surface area contributed by atoms with Crippen LogP contribution in [0.4, 0.5) is 0 Å². The molecule has 0 saturated carbocycles. The summed E-state index contributed by atoms with van der Waals surface area (Å²) in [6.07, 6.45) is 0.495. The zero-order valence-electron chi connectivity index (χ0n) is 10.7. The van der Waals surface area contributed by atoms with Gasteiger partial charge in [0.25, 0.3) is 0 Å². The molecule has 1 aromatic carbocycles. The molecule has 1 saturated heterocycles. The topological polar surface area (TPSA) is 55.4 Å². The molecule has 1 aromatic rings. The van der Waals surface area contributed by atoms with E-state index < -0.39 is 5.41 Å². The molecule has 1 aliphatic rings. The number of nitrogens with one attached hydrogen (secondary N) is 1. The lowest BCUT2D eigenvalue weighted by molar-refractivity contribution is -0.144. The highest BCUT2D eigenvalue weighted by Crippen LogP contribution is 2.35. The Labute approximate surface area is 117 Å². The molecule has 1 heterocycles. The fraction of sp³-hybridized carbons (Fsp3) is 0.429. The van der Waals surface area contributed by atoms with Crippen molar-refractivity contribution in [3.63, 3.8) is 0 Å². The highest BCUT2D eigenvalue weighted by atomic mass is 35.5. The van der Waals surface area contributed by atoms with Crippen molar-refractivity contribution >= 4 is 23.5 Å². The molecule has 0 spiro atoms. The third kappa shape index (κ3) is 3.07. The average Bonchev–Trinajstić information content (AvgIpc) is 2.73. The van der Waals surface area contributed by atoms with E-state index in [1.807, 2.05) is 12.1 Å². The fourth-order valence-corrected chi connectivity index (χ4v) is 2.55. The minimum atomic E-state index is -0.520. The maximum Gasteiger partial charge on any atom is 0.306 e. The quantitative estimate of drug-likeness (QED) is 0.860. The molecular formula is C14H16ClNO3. The van der Waals surface area contributed by atoms with Crippen LogP contribution in [0.15, 0.2) is 24.3 Å². The third-order valence-electron chi connectivity index (χ3n) is 3.37. The van der Waals surface area contributed by atoms with Crippen molar-refractivity contribution in [2.75, 3.05) is 13.2 Å². The van der Waals surface area contributed by atoms with Crippen molar-refractivity contribution in [1.29, 1.82) is 0 Å². The van der Waals surface area contributed by atoms with Crippen molar-refractivity contribution in [2.24, 2.45) is 0 Å². The van der Waals surface area contributed by atoms with Crippen molar-refractivity contribution < 1.29 is 14.3 Å². The SMILES string of the molecule is CCOC(=O)C[C@@]1(c2ccc(Cl)cc2)CNC(=O)C1. The lowest BCUT2D eigenvalue weighted by Crippen LogP contribution is -2.32. The van der Waals surface area contributed by atoms with Crippen molar-refractivity contribution in [3.8, 4) is 0 Å². The second-order valence-corrected chi connectivity index (χ2v) is 5.16. The molecule has 1 atom stereocenters. The summed E-state index contributed by atoms with van der Waals surface area (Å²) in [7, 11) is 0. The molecule has 19 heavy (non-hydrogen) atoms. The van der Waals surface area contributed by atoms with E-state index in [0.717, 1.165) is 5.56 Å². The standard InChI is InChI=1S/C14H16ClNO3/c1-2-19-13(18)8-14(7-12(17)16-9-14)10-3-5-11(15)6-4-10/h3-6H,2,7-9H2,1H3,(H,16,17)/t14-/m1/s1. The Balaban J connectivity index is 2.27. The Kier molecular flexibility index (Phi) is 4.10. The molecule has 0 aromatic heterocycles. The summed E-state index contributed by atoms with van der Waals surface area (Å²) in [6.45, 7) is 2.56. The summed E-state index contributed by atoms with van der Waals surface area (Å²) >= 11 is 5.87. The lowest BCUT2D eigenvalue weighted by atomic mass is 9.77. The smallest absolute Gasteiger partial charge is 0.306 e. The number of benzene rings is 1. The molecule has 0 radical (unpaired) electrons. The van der Waals surface area contributed by atoms with Crippen LogP contribution in [0.1, 0.15) is 25.3 Å². The maximum absolute atomic E-state index is 11.8. The number of carbonyl (C=O) groups excluding carboxylic acids is 2.